The van der Waals surface area contributed by atoms with Gasteiger partial charge in [0.25, 0.3) is 0 Å². The van der Waals surface area contributed by atoms with Crippen molar-refractivity contribution >= 4 is 12.1 Å². The predicted molar refractivity (Wildman–Crippen MR) is 75.4 cm³/mol. The van der Waals surface area contributed by atoms with Crippen molar-refractivity contribution < 1.29 is 19.4 Å². The molecule has 20 heavy (non-hydrogen) atoms. The number of carbonyl (C=O) groups is 2. The zero-order valence-electron chi connectivity index (χ0n) is 12.8. The van der Waals surface area contributed by atoms with Gasteiger partial charge in [-0.1, -0.05) is 6.42 Å². The van der Waals surface area contributed by atoms with Crippen LogP contribution in [0.4, 0.5) is 4.79 Å². The maximum atomic E-state index is 11.9. The van der Waals surface area contributed by atoms with Gasteiger partial charge in [-0.2, -0.15) is 0 Å². The van der Waals surface area contributed by atoms with Crippen molar-refractivity contribution in [3.05, 3.63) is 0 Å². The topological polar surface area (TPSA) is 78.9 Å². The summed E-state index contributed by atoms with van der Waals surface area (Å²) in [5.74, 6) is -0.872. The van der Waals surface area contributed by atoms with Gasteiger partial charge in [0.15, 0.2) is 0 Å². The Bertz CT molecular complexity index is 352. The Morgan fingerprint density at radius 3 is 2.50 bits per heavy atom. The number of ether oxygens (including phenoxy) is 1. The van der Waals surface area contributed by atoms with Crippen LogP contribution in [0.3, 0.4) is 0 Å². The van der Waals surface area contributed by atoms with Gasteiger partial charge >= 0.3 is 12.1 Å². The van der Waals surface area contributed by atoms with E-state index >= 15 is 0 Å². The molecule has 0 bridgehead atoms. The van der Waals surface area contributed by atoms with Crippen molar-refractivity contribution in [3.63, 3.8) is 0 Å². The standard InChI is InChI=1S/C14H26N2O4/c1-10(12(17)18)16-9-7-5-6-8-11(16)15-13(19)20-14(2,3)4/h10-11H,5-9H2,1-4H3,(H,15,19)(H,17,18)/t10-,11?/m0/s1. The van der Waals surface area contributed by atoms with E-state index in [-0.39, 0.29) is 6.17 Å². The largest absolute Gasteiger partial charge is 0.480 e. The van der Waals surface area contributed by atoms with Gasteiger partial charge in [0.2, 0.25) is 0 Å². The van der Waals surface area contributed by atoms with Gasteiger partial charge in [-0.05, 0) is 47.0 Å². The molecule has 0 aromatic rings. The number of likely N-dealkylation sites (tertiary alicyclic amines) is 1. The minimum Gasteiger partial charge on any atom is -0.480 e. The number of nitrogens with zero attached hydrogens (tertiary/aromatic N) is 1. The number of hydrogen-bond acceptors (Lipinski definition) is 4. The molecule has 0 aromatic carbocycles. The van der Waals surface area contributed by atoms with E-state index in [4.69, 9.17) is 4.74 Å². The summed E-state index contributed by atoms with van der Waals surface area (Å²) < 4.78 is 5.25. The SMILES string of the molecule is C[C@@H](C(=O)O)N1CCCCCC1NC(=O)OC(C)(C)C. The van der Waals surface area contributed by atoms with E-state index in [0.717, 1.165) is 25.7 Å². The number of alkyl carbamates (subject to hydrolysis) is 1. The fourth-order valence-corrected chi connectivity index (χ4v) is 2.33. The van der Waals surface area contributed by atoms with E-state index in [0.29, 0.717) is 6.54 Å². The molecule has 0 saturated carbocycles. The van der Waals surface area contributed by atoms with Crippen LogP contribution in [-0.2, 0) is 9.53 Å². The van der Waals surface area contributed by atoms with Crippen LogP contribution in [0.5, 0.6) is 0 Å². The molecular weight excluding hydrogens is 260 g/mol. The molecule has 2 N–H and O–H groups in total. The van der Waals surface area contributed by atoms with Gasteiger partial charge < -0.3 is 15.2 Å². The molecule has 0 spiro atoms. The summed E-state index contributed by atoms with van der Waals surface area (Å²) in [4.78, 5) is 24.9. The molecule has 1 unspecified atom stereocenters. The fourth-order valence-electron chi connectivity index (χ4n) is 2.33. The van der Waals surface area contributed by atoms with E-state index < -0.39 is 23.7 Å². The quantitative estimate of drug-likeness (QED) is 0.831. The lowest BCUT2D eigenvalue weighted by Crippen LogP contribution is -2.54. The Balaban J connectivity index is 2.71. The molecule has 0 radical (unpaired) electrons. The summed E-state index contributed by atoms with van der Waals surface area (Å²) in [5.41, 5.74) is -0.557. The Kier molecular flexibility index (Phi) is 5.80. The summed E-state index contributed by atoms with van der Waals surface area (Å²) in [6.45, 7) is 7.73. The average molecular weight is 286 g/mol. The van der Waals surface area contributed by atoms with Crippen molar-refractivity contribution in [2.45, 2.75) is 71.2 Å². The number of rotatable bonds is 3. The highest BCUT2D eigenvalue weighted by Gasteiger charge is 2.31. The van der Waals surface area contributed by atoms with Crippen LogP contribution in [0.25, 0.3) is 0 Å². The van der Waals surface area contributed by atoms with Crippen molar-refractivity contribution in [2.75, 3.05) is 6.54 Å². The van der Waals surface area contributed by atoms with Gasteiger partial charge in [-0.3, -0.25) is 9.69 Å². The molecule has 1 aliphatic heterocycles. The maximum absolute atomic E-state index is 11.9. The highest BCUT2D eigenvalue weighted by Crippen LogP contribution is 2.18. The zero-order chi connectivity index (χ0) is 15.3. The first kappa shape index (κ1) is 16.8. The minimum absolute atomic E-state index is 0.279. The molecule has 1 aliphatic rings. The molecule has 6 heteroatoms. The van der Waals surface area contributed by atoms with Gasteiger partial charge in [-0.15, -0.1) is 0 Å². The third-order valence-electron chi connectivity index (χ3n) is 3.33. The summed E-state index contributed by atoms with van der Waals surface area (Å²) in [5, 5.41) is 12.0. The Morgan fingerprint density at radius 2 is 1.95 bits per heavy atom. The minimum atomic E-state index is -0.872. The van der Waals surface area contributed by atoms with Gasteiger partial charge in [0.05, 0.1) is 6.17 Å². The number of amides is 1. The van der Waals surface area contributed by atoms with Crippen LogP contribution in [0.15, 0.2) is 0 Å². The summed E-state index contributed by atoms with van der Waals surface area (Å²) in [6.07, 6.45) is 2.95. The van der Waals surface area contributed by atoms with Crippen LogP contribution < -0.4 is 5.32 Å². The molecule has 1 rings (SSSR count). The third kappa shape index (κ3) is 5.36. The first-order valence-corrected chi connectivity index (χ1v) is 7.19. The van der Waals surface area contributed by atoms with Gasteiger partial charge in [0.1, 0.15) is 11.6 Å². The lowest BCUT2D eigenvalue weighted by Gasteiger charge is -2.33. The van der Waals surface area contributed by atoms with E-state index in [1.807, 2.05) is 4.90 Å². The molecule has 116 valence electrons. The molecule has 6 nitrogen and oxygen atoms in total. The van der Waals surface area contributed by atoms with Crippen molar-refractivity contribution in [1.29, 1.82) is 0 Å². The number of carboxylic acids is 1. The second-order valence-electron chi connectivity index (χ2n) is 6.26. The fraction of sp³-hybridized carbons (Fsp3) is 0.857. The van der Waals surface area contributed by atoms with Crippen molar-refractivity contribution in [3.8, 4) is 0 Å². The lowest BCUT2D eigenvalue weighted by molar-refractivity contribution is -0.143. The van der Waals surface area contributed by atoms with Gasteiger partial charge in [0, 0.05) is 6.54 Å². The van der Waals surface area contributed by atoms with E-state index in [9.17, 15) is 14.7 Å². The van der Waals surface area contributed by atoms with E-state index in [2.05, 4.69) is 5.32 Å². The predicted octanol–water partition coefficient (Wildman–Crippen LogP) is 2.19. The molecule has 0 aliphatic carbocycles. The average Bonchev–Trinajstić information content (AvgIpc) is 2.50. The molecule has 1 fully saturated rings. The lowest BCUT2D eigenvalue weighted by atomic mass is 10.2. The van der Waals surface area contributed by atoms with Crippen molar-refractivity contribution in [1.82, 2.24) is 10.2 Å². The summed E-state index contributed by atoms with van der Waals surface area (Å²) in [7, 11) is 0. The number of carboxylic acid groups (broad SMARTS) is 1. The second-order valence-corrected chi connectivity index (χ2v) is 6.26. The number of aliphatic carboxylic acids is 1. The summed E-state index contributed by atoms with van der Waals surface area (Å²) in [6, 6.07) is -0.618. The first-order valence-electron chi connectivity index (χ1n) is 7.19. The number of hydrogen-bond donors (Lipinski definition) is 2. The summed E-state index contributed by atoms with van der Waals surface area (Å²) >= 11 is 0. The maximum Gasteiger partial charge on any atom is 0.408 e. The van der Waals surface area contributed by atoms with Crippen LogP contribution in [0, 0.1) is 0 Å². The Hall–Kier alpha value is -1.30. The molecule has 1 amide bonds. The second kappa shape index (κ2) is 6.92. The monoisotopic (exact) mass is 286 g/mol. The molecule has 1 heterocycles. The third-order valence-corrected chi connectivity index (χ3v) is 3.33. The highest BCUT2D eigenvalue weighted by molar-refractivity contribution is 5.73. The first-order chi connectivity index (χ1) is 9.20. The normalized spacial score (nSPS) is 22.7. The van der Waals surface area contributed by atoms with E-state index in [1.54, 1.807) is 27.7 Å². The molecule has 2 atom stereocenters. The van der Waals surface area contributed by atoms with Gasteiger partial charge in [-0.25, -0.2) is 4.79 Å². The Morgan fingerprint density at radius 1 is 1.30 bits per heavy atom. The van der Waals surface area contributed by atoms with Crippen LogP contribution in [-0.4, -0.2) is 46.4 Å². The molecular formula is C14H26N2O4. The zero-order valence-corrected chi connectivity index (χ0v) is 12.8. The Labute approximate surface area is 120 Å². The number of nitrogens with one attached hydrogen (secondary N) is 1. The van der Waals surface area contributed by atoms with E-state index in [1.165, 1.54) is 0 Å². The molecule has 1 saturated heterocycles. The highest BCUT2D eigenvalue weighted by atomic mass is 16.6. The van der Waals surface area contributed by atoms with Crippen LogP contribution in [0.2, 0.25) is 0 Å². The smallest absolute Gasteiger partial charge is 0.408 e. The molecule has 0 aromatic heterocycles. The van der Waals surface area contributed by atoms with Crippen LogP contribution in [0.1, 0.15) is 53.4 Å². The van der Waals surface area contributed by atoms with Crippen LogP contribution >= 0.6 is 0 Å². The number of carbonyl (C=O) groups excluding carboxylic acids is 1. The van der Waals surface area contributed by atoms with Crippen molar-refractivity contribution in [2.24, 2.45) is 0 Å².